The van der Waals surface area contributed by atoms with E-state index < -0.39 is 0 Å². The molecule has 2 atom stereocenters. The molecule has 0 amide bonds. The molecule has 84 valence electrons. The van der Waals surface area contributed by atoms with Crippen molar-refractivity contribution >= 4 is 0 Å². The lowest BCUT2D eigenvalue weighted by Crippen LogP contribution is -2.47. The molecule has 1 rings (SSSR count). The van der Waals surface area contributed by atoms with Crippen molar-refractivity contribution in [1.29, 1.82) is 0 Å². The smallest absolute Gasteiger partial charge is 0.0219 e. The molecule has 0 aliphatic heterocycles. The average molecular weight is 198 g/mol. The summed E-state index contributed by atoms with van der Waals surface area (Å²) >= 11 is 0. The lowest BCUT2D eigenvalue weighted by molar-refractivity contribution is 0.324. The van der Waals surface area contributed by atoms with E-state index in [1.807, 2.05) is 0 Å². The molecule has 0 bridgehead atoms. The monoisotopic (exact) mass is 198 g/mol. The Morgan fingerprint density at radius 3 is 2.64 bits per heavy atom. The molecule has 0 aromatic rings. The molecule has 2 unspecified atom stereocenters. The van der Waals surface area contributed by atoms with Gasteiger partial charge in [-0.2, -0.15) is 0 Å². The molecule has 0 aromatic carbocycles. The Kier molecular flexibility index (Phi) is 5.49. The summed E-state index contributed by atoms with van der Waals surface area (Å²) < 4.78 is 0. The Balaban J connectivity index is 2.04. The van der Waals surface area contributed by atoms with Gasteiger partial charge >= 0.3 is 0 Å². The van der Waals surface area contributed by atoms with Gasteiger partial charge < -0.3 is 11.1 Å². The molecule has 0 saturated heterocycles. The van der Waals surface area contributed by atoms with Crippen LogP contribution in [-0.4, -0.2) is 18.6 Å². The third-order valence-electron chi connectivity index (χ3n) is 3.18. The summed E-state index contributed by atoms with van der Waals surface area (Å²) in [5, 5.41) is 3.60. The first-order chi connectivity index (χ1) is 6.70. The van der Waals surface area contributed by atoms with E-state index in [4.69, 9.17) is 5.73 Å². The largest absolute Gasteiger partial charge is 0.326 e. The predicted octanol–water partition coefficient (Wildman–Crippen LogP) is 2.28. The van der Waals surface area contributed by atoms with Gasteiger partial charge in [0, 0.05) is 12.1 Å². The molecule has 0 heterocycles. The fourth-order valence-electron chi connectivity index (χ4n) is 2.21. The van der Waals surface area contributed by atoms with Crippen LogP contribution in [-0.2, 0) is 0 Å². The van der Waals surface area contributed by atoms with Gasteiger partial charge in [-0.1, -0.05) is 26.7 Å². The van der Waals surface area contributed by atoms with Gasteiger partial charge in [0.05, 0.1) is 0 Å². The Morgan fingerprint density at radius 2 is 2.00 bits per heavy atom. The van der Waals surface area contributed by atoms with Crippen LogP contribution in [0.3, 0.4) is 0 Å². The molecule has 1 fully saturated rings. The average Bonchev–Trinajstić information content (AvgIpc) is 2.15. The molecule has 14 heavy (non-hydrogen) atoms. The van der Waals surface area contributed by atoms with Crippen LogP contribution in [0.1, 0.15) is 52.4 Å². The standard InChI is InChI=1S/C12H26N2/c1-10(2)6-5-9-14-12-8-4-3-7-11(12)13/h10-12,14H,3-9,13H2,1-2H3. The van der Waals surface area contributed by atoms with Crippen LogP contribution in [0.4, 0.5) is 0 Å². The zero-order valence-electron chi connectivity index (χ0n) is 9.76. The van der Waals surface area contributed by atoms with E-state index in [0.29, 0.717) is 12.1 Å². The van der Waals surface area contributed by atoms with Crippen molar-refractivity contribution in [2.24, 2.45) is 11.7 Å². The summed E-state index contributed by atoms with van der Waals surface area (Å²) in [5.41, 5.74) is 6.06. The summed E-state index contributed by atoms with van der Waals surface area (Å²) in [4.78, 5) is 0. The topological polar surface area (TPSA) is 38.0 Å². The minimum Gasteiger partial charge on any atom is -0.326 e. The van der Waals surface area contributed by atoms with E-state index in [1.54, 1.807) is 0 Å². The lowest BCUT2D eigenvalue weighted by atomic mass is 9.91. The quantitative estimate of drug-likeness (QED) is 0.665. The first-order valence-electron chi connectivity index (χ1n) is 6.19. The van der Waals surface area contributed by atoms with Gasteiger partial charge in [0.25, 0.3) is 0 Å². The number of nitrogens with two attached hydrogens (primary N) is 1. The molecule has 2 nitrogen and oxygen atoms in total. The molecular formula is C12H26N2. The van der Waals surface area contributed by atoms with Crippen LogP contribution >= 0.6 is 0 Å². The minimum atomic E-state index is 0.405. The number of rotatable bonds is 5. The van der Waals surface area contributed by atoms with Crippen molar-refractivity contribution in [2.75, 3.05) is 6.54 Å². The summed E-state index contributed by atoms with van der Waals surface area (Å²) in [6.07, 6.45) is 7.79. The first-order valence-corrected chi connectivity index (χ1v) is 6.19. The van der Waals surface area contributed by atoms with E-state index in [-0.39, 0.29) is 0 Å². The van der Waals surface area contributed by atoms with E-state index in [1.165, 1.54) is 38.5 Å². The summed E-state index contributed by atoms with van der Waals surface area (Å²) in [6, 6.07) is 0.999. The second-order valence-corrected chi connectivity index (χ2v) is 5.05. The normalized spacial score (nSPS) is 28.3. The minimum absolute atomic E-state index is 0.405. The molecule has 0 radical (unpaired) electrons. The van der Waals surface area contributed by atoms with Gasteiger partial charge in [-0.15, -0.1) is 0 Å². The third kappa shape index (κ3) is 4.43. The van der Waals surface area contributed by atoms with Gasteiger partial charge in [0.15, 0.2) is 0 Å². The van der Waals surface area contributed by atoms with Crippen molar-refractivity contribution in [3.63, 3.8) is 0 Å². The van der Waals surface area contributed by atoms with E-state index in [2.05, 4.69) is 19.2 Å². The lowest BCUT2D eigenvalue weighted by Gasteiger charge is -2.29. The molecule has 0 spiro atoms. The van der Waals surface area contributed by atoms with Crippen LogP contribution in [0.2, 0.25) is 0 Å². The highest BCUT2D eigenvalue weighted by molar-refractivity contribution is 4.83. The van der Waals surface area contributed by atoms with Crippen LogP contribution in [0.5, 0.6) is 0 Å². The highest BCUT2D eigenvalue weighted by Crippen LogP contribution is 2.16. The second-order valence-electron chi connectivity index (χ2n) is 5.05. The maximum Gasteiger partial charge on any atom is 0.0219 e. The van der Waals surface area contributed by atoms with Gasteiger partial charge in [0.2, 0.25) is 0 Å². The highest BCUT2D eigenvalue weighted by Gasteiger charge is 2.20. The van der Waals surface area contributed by atoms with Crippen molar-refractivity contribution in [3.8, 4) is 0 Å². The Morgan fingerprint density at radius 1 is 1.29 bits per heavy atom. The van der Waals surface area contributed by atoms with Crippen molar-refractivity contribution in [1.82, 2.24) is 5.32 Å². The van der Waals surface area contributed by atoms with Crippen LogP contribution in [0, 0.1) is 5.92 Å². The van der Waals surface area contributed by atoms with E-state index >= 15 is 0 Å². The number of hydrogen-bond acceptors (Lipinski definition) is 2. The number of nitrogens with one attached hydrogen (secondary N) is 1. The van der Waals surface area contributed by atoms with Crippen molar-refractivity contribution < 1.29 is 0 Å². The third-order valence-corrected chi connectivity index (χ3v) is 3.18. The van der Waals surface area contributed by atoms with Crippen molar-refractivity contribution in [2.45, 2.75) is 64.5 Å². The van der Waals surface area contributed by atoms with Crippen LogP contribution in [0.15, 0.2) is 0 Å². The molecular weight excluding hydrogens is 172 g/mol. The second kappa shape index (κ2) is 6.41. The molecule has 1 aliphatic rings. The fourth-order valence-corrected chi connectivity index (χ4v) is 2.21. The molecule has 1 aliphatic carbocycles. The van der Waals surface area contributed by atoms with Gasteiger partial charge in [-0.05, 0) is 38.1 Å². The Bertz CT molecular complexity index is 145. The number of hydrogen-bond donors (Lipinski definition) is 2. The van der Waals surface area contributed by atoms with Gasteiger partial charge in [-0.3, -0.25) is 0 Å². The first kappa shape index (κ1) is 12.0. The molecule has 1 saturated carbocycles. The predicted molar refractivity (Wildman–Crippen MR) is 62.3 cm³/mol. The fraction of sp³-hybridized carbons (Fsp3) is 1.00. The van der Waals surface area contributed by atoms with Gasteiger partial charge in [0.1, 0.15) is 0 Å². The Labute approximate surface area is 88.6 Å². The zero-order chi connectivity index (χ0) is 10.4. The van der Waals surface area contributed by atoms with Crippen LogP contribution in [0.25, 0.3) is 0 Å². The van der Waals surface area contributed by atoms with Crippen molar-refractivity contribution in [3.05, 3.63) is 0 Å². The van der Waals surface area contributed by atoms with E-state index in [0.717, 1.165) is 12.5 Å². The van der Waals surface area contributed by atoms with Crippen LogP contribution < -0.4 is 11.1 Å². The highest BCUT2D eigenvalue weighted by atomic mass is 14.9. The molecule has 0 aromatic heterocycles. The molecule has 2 heteroatoms. The molecule has 3 N–H and O–H groups in total. The summed E-state index contributed by atoms with van der Waals surface area (Å²) in [5.74, 6) is 0.830. The zero-order valence-corrected chi connectivity index (χ0v) is 9.76. The summed E-state index contributed by atoms with van der Waals surface area (Å²) in [6.45, 7) is 5.72. The summed E-state index contributed by atoms with van der Waals surface area (Å²) in [7, 11) is 0. The SMILES string of the molecule is CC(C)CCCNC1CCCCC1N. The maximum atomic E-state index is 6.06. The van der Waals surface area contributed by atoms with E-state index in [9.17, 15) is 0 Å². The maximum absolute atomic E-state index is 6.06. The Hall–Kier alpha value is -0.0800. The van der Waals surface area contributed by atoms with Gasteiger partial charge in [-0.25, -0.2) is 0 Å².